The van der Waals surface area contributed by atoms with Crippen molar-refractivity contribution in [1.82, 2.24) is 20.2 Å². The van der Waals surface area contributed by atoms with E-state index >= 15 is 0 Å². The van der Waals surface area contributed by atoms with E-state index in [1.165, 1.54) is 28.4 Å². The number of pyridine rings is 1. The molecule has 0 saturated carbocycles. The van der Waals surface area contributed by atoms with Crippen molar-refractivity contribution in [1.29, 1.82) is 0 Å². The lowest BCUT2D eigenvalue weighted by Gasteiger charge is -2.17. The molecule has 29 heavy (non-hydrogen) atoms. The number of thiazole rings is 1. The first-order chi connectivity index (χ1) is 14.0. The van der Waals surface area contributed by atoms with Crippen molar-refractivity contribution in [3.63, 3.8) is 0 Å². The Morgan fingerprint density at radius 2 is 1.97 bits per heavy atom. The number of amides is 3. The standard InChI is InChI=1S/C21H18N4O3S/c1-12(2)25-20(27)16-6-5-13(8-17(16)21(25)28)18(26)23-10-15-11-29-19(24-15)14-4-3-7-22-9-14/h3-9,11-12H,10H2,1-2H3,(H,23,26). The van der Waals surface area contributed by atoms with Crippen LogP contribution in [0.2, 0.25) is 0 Å². The normalized spacial score (nSPS) is 13.1. The van der Waals surface area contributed by atoms with E-state index in [0.717, 1.165) is 16.3 Å². The summed E-state index contributed by atoms with van der Waals surface area (Å²) in [4.78, 5) is 47.2. The maximum absolute atomic E-state index is 12.5. The van der Waals surface area contributed by atoms with Gasteiger partial charge in [0, 0.05) is 34.9 Å². The molecule has 3 heterocycles. The summed E-state index contributed by atoms with van der Waals surface area (Å²) in [6, 6.07) is 8.12. The highest BCUT2D eigenvalue weighted by Crippen LogP contribution is 2.26. The number of aromatic nitrogens is 2. The smallest absolute Gasteiger partial charge is 0.261 e. The lowest BCUT2D eigenvalue weighted by atomic mass is 10.1. The van der Waals surface area contributed by atoms with E-state index in [1.54, 1.807) is 32.3 Å². The van der Waals surface area contributed by atoms with Gasteiger partial charge in [-0.05, 0) is 44.2 Å². The minimum atomic E-state index is -0.365. The Morgan fingerprint density at radius 3 is 2.69 bits per heavy atom. The SMILES string of the molecule is CC(C)N1C(=O)c2ccc(C(=O)NCc3csc(-c4cccnc4)n3)cc2C1=O. The van der Waals surface area contributed by atoms with Crippen molar-refractivity contribution in [3.8, 4) is 10.6 Å². The summed E-state index contributed by atoms with van der Waals surface area (Å²) in [5.41, 5.74) is 2.59. The molecule has 0 spiro atoms. The molecule has 1 N–H and O–H groups in total. The molecular weight excluding hydrogens is 388 g/mol. The molecular formula is C21H18N4O3S. The molecule has 0 aliphatic carbocycles. The third-order valence-electron chi connectivity index (χ3n) is 4.59. The van der Waals surface area contributed by atoms with E-state index in [-0.39, 0.29) is 35.9 Å². The lowest BCUT2D eigenvalue weighted by molar-refractivity contribution is 0.0609. The zero-order chi connectivity index (χ0) is 20.5. The summed E-state index contributed by atoms with van der Waals surface area (Å²) in [6.45, 7) is 3.82. The summed E-state index contributed by atoms with van der Waals surface area (Å²) < 4.78 is 0. The van der Waals surface area contributed by atoms with Gasteiger partial charge in [-0.1, -0.05) is 0 Å². The molecule has 1 aliphatic rings. The molecule has 3 aromatic rings. The van der Waals surface area contributed by atoms with E-state index in [4.69, 9.17) is 0 Å². The van der Waals surface area contributed by atoms with E-state index in [9.17, 15) is 14.4 Å². The fourth-order valence-electron chi connectivity index (χ4n) is 3.15. The predicted octanol–water partition coefficient (Wildman–Crippen LogP) is 3.14. The molecule has 0 unspecified atom stereocenters. The minimum Gasteiger partial charge on any atom is -0.346 e. The zero-order valence-corrected chi connectivity index (χ0v) is 16.7. The van der Waals surface area contributed by atoms with Crippen LogP contribution >= 0.6 is 11.3 Å². The van der Waals surface area contributed by atoms with Crippen molar-refractivity contribution in [3.05, 3.63) is 70.5 Å². The lowest BCUT2D eigenvalue weighted by Crippen LogP contribution is -2.35. The van der Waals surface area contributed by atoms with Gasteiger partial charge >= 0.3 is 0 Å². The maximum atomic E-state index is 12.5. The Labute approximate surface area is 171 Å². The summed E-state index contributed by atoms with van der Waals surface area (Å²) >= 11 is 1.48. The Hall–Kier alpha value is -3.39. The predicted molar refractivity (Wildman–Crippen MR) is 109 cm³/mol. The first kappa shape index (κ1) is 18.9. The number of fused-ring (bicyclic) bond motifs is 1. The summed E-state index contributed by atoms with van der Waals surface area (Å²) in [7, 11) is 0. The van der Waals surface area contributed by atoms with Crippen LogP contribution in [-0.2, 0) is 6.54 Å². The Kier molecular flexibility index (Phi) is 4.94. The van der Waals surface area contributed by atoms with Crippen LogP contribution in [0.25, 0.3) is 10.6 Å². The molecule has 1 aromatic carbocycles. The molecule has 8 heteroatoms. The van der Waals surface area contributed by atoms with Crippen molar-refractivity contribution < 1.29 is 14.4 Å². The third kappa shape index (κ3) is 3.54. The largest absolute Gasteiger partial charge is 0.346 e. The number of rotatable bonds is 5. The quantitative estimate of drug-likeness (QED) is 0.657. The second kappa shape index (κ2) is 7.56. The molecule has 3 amide bonds. The van der Waals surface area contributed by atoms with Crippen LogP contribution in [0.1, 0.15) is 50.6 Å². The highest BCUT2D eigenvalue weighted by molar-refractivity contribution is 7.13. The molecule has 0 bridgehead atoms. The Morgan fingerprint density at radius 1 is 1.17 bits per heavy atom. The Bertz CT molecular complexity index is 1110. The highest BCUT2D eigenvalue weighted by atomic mass is 32.1. The van der Waals surface area contributed by atoms with Crippen molar-refractivity contribution in [2.45, 2.75) is 26.4 Å². The third-order valence-corrected chi connectivity index (χ3v) is 5.53. The van der Waals surface area contributed by atoms with Gasteiger partial charge in [0.05, 0.1) is 23.4 Å². The number of nitrogens with one attached hydrogen (secondary N) is 1. The van der Waals surface area contributed by atoms with Gasteiger partial charge in [-0.2, -0.15) is 0 Å². The van der Waals surface area contributed by atoms with Crippen molar-refractivity contribution >= 4 is 29.1 Å². The second-order valence-electron chi connectivity index (χ2n) is 6.90. The number of carbonyl (C=O) groups excluding carboxylic acids is 3. The number of carbonyl (C=O) groups is 3. The molecule has 0 fully saturated rings. The monoisotopic (exact) mass is 406 g/mol. The highest BCUT2D eigenvalue weighted by Gasteiger charge is 2.37. The first-order valence-corrected chi connectivity index (χ1v) is 9.98. The molecule has 2 aromatic heterocycles. The van der Waals surface area contributed by atoms with Crippen LogP contribution in [0.4, 0.5) is 0 Å². The van der Waals surface area contributed by atoms with Gasteiger partial charge in [0.1, 0.15) is 5.01 Å². The molecule has 4 rings (SSSR count). The van der Waals surface area contributed by atoms with E-state index in [2.05, 4.69) is 15.3 Å². The average molecular weight is 406 g/mol. The van der Waals surface area contributed by atoms with Crippen LogP contribution in [0.15, 0.2) is 48.1 Å². The zero-order valence-electron chi connectivity index (χ0n) is 15.9. The van der Waals surface area contributed by atoms with Gasteiger partial charge in [-0.3, -0.25) is 24.3 Å². The van der Waals surface area contributed by atoms with Gasteiger partial charge in [-0.25, -0.2) is 4.98 Å². The number of hydrogen-bond acceptors (Lipinski definition) is 6. The van der Waals surface area contributed by atoms with Crippen LogP contribution < -0.4 is 5.32 Å². The van der Waals surface area contributed by atoms with Gasteiger partial charge in [0.15, 0.2) is 0 Å². The van der Waals surface area contributed by atoms with Gasteiger partial charge in [0.25, 0.3) is 17.7 Å². The number of benzene rings is 1. The molecule has 1 aliphatic heterocycles. The first-order valence-electron chi connectivity index (χ1n) is 9.10. The second-order valence-corrected chi connectivity index (χ2v) is 7.76. The molecule has 0 atom stereocenters. The number of imide groups is 1. The summed E-state index contributed by atoms with van der Waals surface area (Å²) in [6.07, 6.45) is 3.44. The van der Waals surface area contributed by atoms with Crippen LogP contribution in [0.5, 0.6) is 0 Å². The van der Waals surface area contributed by atoms with Gasteiger partial charge < -0.3 is 5.32 Å². The molecule has 0 saturated heterocycles. The fraction of sp³-hybridized carbons (Fsp3) is 0.190. The molecule has 146 valence electrons. The van der Waals surface area contributed by atoms with Crippen molar-refractivity contribution in [2.24, 2.45) is 0 Å². The van der Waals surface area contributed by atoms with E-state index in [1.807, 2.05) is 17.5 Å². The topological polar surface area (TPSA) is 92.3 Å². The fourth-order valence-corrected chi connectivity index (χ4v) is 3.96. The summed E-state index contributed by atoms with van der Waals surface area (Å²) in [5, 5.41) is 5.53. The average Bonchev–Trinajstić information content (AvgIpc) is 3.30. The Balaban J connectivity index is 1.46. The van der Waals surface area contributed by atoms with Crippen LogP contribution in [0.3, 0.4) is 0 Å². The van der Waals surface area contributed by atoms with E-state index in [0.29, 0.717) is 11.1 Å². The summed E-state index contributed by atoms with van der Waals surface area (Å²) in [5.74, 6) is -1.01. The van der Waals surface area contributed by atoms with Crippen LogP contribution in [-0.4, -0.2) is 38.6 Å². The minimum absolute atomic E-state index is 0.238. The number of nitrogens with zero attached hydrogens (tertiary/aromatic N) is 3. The van der Waals surface area contributed by atoms with Gasteiger partial charge in [0.2, 0.25) is 0 Å². The number of hydrogen-bond donors (Lipinski definition) is 1. The van der Waals surface area contributed by atoms with Crippen molar-refractivity contribution in [2.75, 3.05) is 0 Å². The molecule has 0 radical (unpaired) electrons. The molecule has 7 nitrogen and oxygen atoms in total. The van der Waals surface area contributed by atoms with Gasteiger partial charge in [-0.15, -0.1) is 11.3 Å². The van der Waals surface area contributed by atoms with E-state index < -0.39 is 0 Å². The van der Waals surface area contributed by atoms with Crippen LogP contribution in [0, 0.1) is 0 Å². The maximum Gasteiger partial charge on any atom is 0.261 e.